The maximum absolute atomic E-state index is 10.0. The Kier molecular flexibility index (Phi) is 4.37. The number of hydrogen-bond donors (Lipinski definition) is 2. The van der Waals surface area contributed by atoms with Gasteiger partial charge in [-0.2, -0.15) is 0 Å². The molecule has 0 spiro atoms. The van der Waals surface area contributed by atoms with Crippen LogP contribution >= 0.6 is 11.6 Å². The maximum atomic E-state index is 10.0. The van der Waals surface area contributed by atoms with Crippen molar-refractivity contribution in [3.63, 3.8) is 0 Å². The number of aromatic hydroxyl groups is 1. The zero-order valence-corrected chi connectivity index (χ0v) is 12.0. The molecule has 0 fully saturated rings. The highest BCUT2D eigenvalue weighted by Crippen LogP contribution is 2.25. The summed E-state index contributed by atoms with van der Waals surface area (Å²) in [6.45, 7) is 3.40. The Balaban J connectivity index is 2.43. The van der Waals surface area contributed by atoms with Crippen LogP contribution in [-0.4, -0.2) is 21.4 Å². The molecule has 1 aromatic carbocycles. The summed E-state index contributed by atoms with van der Waals surface area (Å²) in [6.07, 6.45) is 3.07. The van der Waals surface area contributed by atoms with Crippen molar-refractivity contribution >= 4 is 23.5 Å². The highest BCUT2D eigenvalue weighted by molar-refractivity contribution is 6.30. The molecular weight excluding hydrogens is 276 g/mol. The first-order valence-electron chi connectivity index (χ1n) is 6.11. The summed E-state index contributed by atoms with van der Waals surface area (Å²) < 4.78 is 0. The van der Waals surface area contributed by atoms with Crippen LogP contribution in [0.3, 0.4) is 0 Å². The van der Waals surface area contributed by atoms with E-state index in [0.29, 0.717) is 21.8 Å². The van der Waals surface area contributed by atoms with Crippen molar-refractivity contribution in [1.29, 1.82) is 0 Å². The van der Waals surface area contributed by atoms with Crippen molar-refractivity contribution in [2.24, 2.45) is 4.99 Å². The van der Waals surface area contributed by atoms with Gasteiger partial charge in [-0.05, 0) is 37.6 Å². The van der Waals surface area contributed by atoms with Gasteiger partial charge in [-0.15, -0.1) is 0 Å². The number of aliphatic imine (C=N–C) groups is 1. The second-order valence-electron chi connectivity index (χ2n) is 4.48. The molecule has 0 unspecified atom stereocenters. The number of aryl methyl sites for hydroxylation is 2. The van der Waals surface area contributed by atoms with E-state index < -0.39 is 0 Å². The molecule has 0 bridgehead atoms. The van der Waals surface area contributed by atoms with E-state index in [1.54, 1.807) is 19.1 Å². The number of aromatic nitrogens is 1. The van der Waals surface area contributed by atoms with Gasteiger partial charge in [0.15, 0.2) is 0 Å². The van der Waals surface area contributed by atoms with Crippen molar-refractivity contribution in [1.82, 2.24) is 4.98 Å². The fourth-order valence-corrected chi connectivity index (χ4v) is 2.05. The summed E-state index contributed by atoms with van der Waals surface area (Å²) >= 11 is 5.89. The number of benzene rings is 1. The molecule has 2 aromatic rings. The third-order valence-corrected chi connectivity index (χ3v) is 3.25. The predicted octanol–water partition coefficient (Wildman–Crippen LogP) is 3.30. The molecule has 0 radical (unpaired) electrons. The average molecular weight is 291 g/mol. The lowest BCUT2D eigenvalue weighted by Gasteiger charge is -2.07. The molecule has 0 aliphatic heterocycles. The highest BCUT2D eigenvalue weighted by atomic mass is 35.5. The Morgan fingerprint density at radius 1 is 1.35 bits per heavy atom. The molecular formula is C15H15ClN2O2. The second-order valence-corrected chi connectivity index (χ2v) is 4.91. The van der Waals surface area contributed by atoms with Crippen molar-refractivity contribution < 1.29 is 10.2 Å². The van der Waals surface area contributed by atoms with Crippen LogP contribution in [0.2, 0.25) is 5.02 Å². The van der Waals surface area contributed by atoms with E-state index in [9.17, 15) is 10.2 Å². The molecule has 1 heterocycles. The fraction of sp³-hybridized carbons (Fsp3) is 0.200. The molecule has 0 amide bonds. The Bertz CT molecular complexity index is 669. The Hall–Kier alpha value is -1.91. The van der Waals surface area contributed by atoms with Gasteiger partial charge in [0, 0.05) is 28.6 Å². The number of nitrogens with zero attached hydrogens (tertiary/aromatic N) is 2. The predicted molar refractivity (Wildman–Crippen MR) is 80.0 cm³/mol. The van der Waals surface area contributed by atoms with Gasteiger partial charge in [0.25, 0.3) is 0 Å². The second kappa shape index (κ2) is 6.03. The molecule has 0 saturated heterocycles. The molecule has 2 rings (SSSR count). The standard InChI is InChI=1S/C15H15ClN2O2/c1-9-5-12(16)3-4-14(9)18-7-13-11(8-19)6-17-10(2)15(13)20/h3-7,19-20H,8H2,1-2H3. The van der Waals surface area contributed by atoms with Crippen LogP contribution in [-0.2, 0) is 6.61 Å². The molecule has 2 N–H and O–H groups in total. The first-order chi connectivity index (χ1) is 9.52. The summed E-state index contributed by atoms with van der Waals surface area (Å²) in [5, 5.41) is 20.0. The highest BCUT2D eigenvalue weighted by Gasteiger charge is 2.09. The zero-order valence-electron chi connectivity index (χ0n) is 11.3. The first-order valence-corrected chi connectivity index (χ1v) is 6.49. The summed E-state index contributed by atoms with van der Waals surface area (Å²) in [4.78, 5) is 8.35. The SMILES string of the molecule is Cc1cc(Cl)ccc1N=Cc1c(CO)cnc(C)c1O. The Morgan fingerprint density at radius 3 is 2.75 bits per heavy atom. The Morgan fingerprint density at radius 2 is 2.10 bits per heavy atom. The lowest BCUT2D eigenvalue weighted by molar-refractivity contribution is 0.280. The van der Waals surface area contributed by atoms with Crippen LogP contribution in [0.5, 0.6) is 5.75 Å². The van der Waals surface area contributed by atoms with Gasteiger partial charge in [0.05, 0.1) is 18.0 Å². The number of pyridine rings is 1. The van der Waals surface area contributed by atoms with E-state index in [-0.39, 0.29) is 12.4 Å². The number of rotatable bonds is 3. The van der Waals surface area contributed by atoms with E-state index in [1.807, 2.05) is 13.0 Å². The van der Waals surface area contributed by atoms with E-state index in [4.69, 9.17) is 11.6 Å². The van der Waals surface area contributed by atoms with Crippen LogP contribution < -0.4 is 0 Å². The monoisotopic (exact) mass is 290 g/mol. The molecule has 20 heavy (non-hydrogen) atoms. The normalized spacial score (nSPS) is 11.2. The average Bonchev–Trinajstić information content (AvgIpc) is 2.42. The topological polar surface area (TPSA) is 65.7 Å². The van der Waals surface area contributed by atoms with Crippen LogP contribution in [0.1, 0.15) is 22.4 Å². The van der Waals surface area contributed by atoms with E-state index >= 15 is 0 Å². The third-order valence-electron chi connectivity index (χ3n) is 3.02. The Labute approximate surface area is 122 Å². The molecule has 1 aromatic heterocycles. The van der Waals surface area contributed by atoms with Crippen molar-refractivity contribution in [2.45, 2.75) is 20.5 Å². The zero-order chi connectivity index (χ0) is 14.7. The van der Waals surface area contributed by atoms with Crippen LogP contribution in [0.4, 0.5) is 5.69 Å². The molecule has 0 aliphatic rings. The molecule has 0 aliphatic carbocycles. The number of halogens is 1. The lowest BCUT2D eigenvalue weighted by atomic mass is 10.1. The minimum atomic E-state index is -0.207. The third kappa shape index (κ3) is 2.98. The minimum absolute atomic E-state index is 0.0342. The fourth-order valence-electron chi connectivity index (χ4n) is 1.82. The van der Waals surface area contributed by atoms with Gasteiger partial charge in [-0.3, -0.25) is 9.98 Å². The van der Waals surface area contributed by atoms with Gasteiger partial charge < -0.3 is 10.2 Å². The minimum Gasteiger partial charge on any atom is -0.505 e. The molecule has 0 atom stereocenters. The summed E-state index contributed by atoms with van der Waals surface area (Å²) in [6, 6.07) is 5.38. The van der Waals surface area contributed by atoms with Gasteiger partial charge in [-0.1, -0.05) is 11.6 Å². The van der Waals surface area contributed by atoms with Gasteiger partial charge in [-0.25, -0.2) is 0 Å². The van der Waals surface area contributed by atoms with Crippen molar-refractivity contribution in [3.05, 3.63) is 51.8 Å². The molecule has 4 nitrogen and oxygen atoms in total. The van der Waals surface area contributed by atoms with Crippen LogP contribution in [0.25, 0.3) is 0 Å². The molecule has 5 heteroatoms. The first kappa shape index (κ1) is 14.5. The number of aliphatic hydroxyl groups excluding tert-OH is 1. The molecule has 104 valence electrons. The van der Waals surface area contributed by atoms with Gasteiger partial charge in [0.2, 0.25) is 0 Å². The quantitative estimate of drug-likeness (QED) is 0.852. The van der Waals surface area contributed by atoms with Crippen LogP contribution in [0.15, 0.2) is 29.4 Å². The van der Waals surface area contributed by atoms with E-state index in [0.717, 1.165) is 11.3 Å². The lowest BCUT2D eigenvalue weighted by Crippen LogP contribution is -1.97. The van der Waals surface area contributed by atoms with Crippen molar-refractivity contribution in [3.8, 4) is 5.75 Å². The summed E-state index contributed by atoms with van der Waals surface area (Å²) in [5.41, 5.74) is 3.20. The van der Waals surface area contributed by atoms with E-state index in [1.165, 1.54) is 12.4 Å². The molecule has 0 saturated carbocycles. The van der Waals surface area contributed by atoms with Crippen LogP contribution in [0, 0.1) is 13.8 Å². The summed E-state index contributed by atoms with van der Waals surface area (Å²) in [7, 11) is 0. The summed E-state index contributed by atoms with van der Waals surface area (Å²) in [5.74, 6) is 0.0342. The van der Waals surface area contributed by atoms with Gasteiger partial charge in [0.1, 0.15) is 5.75 Å². The maximum Gasteiger partial charge on any atom is 0.145 e. The van der Waals surface area contributed by atoms with Crippen molar-refractivity contribution in [2.75, 3.05) is 0 Å². The number of aliphatic hydroxyl groups is 1. The smallest absolute Gasteiger partial charge is 0.145 e. The van der Waals surface area contributed by atoms with E-state index in [2.05, 4.69) is 9.98 Å². The largest absolute Gasteiger partial charge is 0.505 e. The van der Waals surface area contributed by atoms with Gasteiger partial charge >= 0.3 is 0 Å². The number of hydrogen-bond acceptors (Lipinski definition) is 4.